The molecule has 2 aliphatic rings. The minimum absolute atomic E-state index is 0.0987. The van der Waals surface area contributed by atoms with Gasteiger partial charge in [-0.1, -0.05) is 6.92 Å². The molecule has 1 unspecified atom stereocenters. The number of likely N-dealkylation sites (tertiary alicyclic amines) is 2. The minimum Gasteiger partial charge on any atom is -0.387 e. The highest BCUT2D eigenvalue weighted by molar-refractivity contribution is 5.79. The predicted molar refractivity (Wildman–Crippen MR) is 79.9 cm³/mol. The third-order valence-corrected chi connectivity index (χ3v) is 4.25. The van der Waals surface area contributed by atoms with Gasteiger partial charge in [0.2, 0.25) is 0 Å². The second-order valence-electron chi connectivity index (χ2n) is 6.22. The fourth-order valence-corrected chi connectivity index (χ4v) is 3.12. The van der Waals surface area contributed by atoms with Gasteiger partial charge in [0.15, 0.2) is 0 Å². The number of carbonyl (C=O) groups is 1. The van der Waals surface area contributed by atoms with Crippen LogP contribution in [0.15, 0.2) is 0 Å². The average molecular weight is 281 g/mol. The topological polar surface area (TPSA) is 85.5 Å². The van der Waals surface area contributed by atoms with E-state index in [1.54, 1.807) is 0 Å². The SMILES string of the molecule is CC1CCCN(C(=O)NC2CCN(CC(=N)N)CC2)C1. The summed E-state index contributed by atoms with van der Waals surface area (Å²) in [5.41, 5.74) is 5.41. The lowest BCUT2D eigenvalue weighted by Crippen LogP contribution is -2.51. The number of hydrogen-bond donors (Lipinski definition) is 3. The van der Waals surface area contributed by atoms with Crippen LogP contribution in [0.1, 0.15) is 32.6 Å². The molecule has 2 fully saturated rings. The fourth-order valence-electron chi connectivity index (χ4n) is 3.12. The third kappa shape index (κ3) is 4.37. The van der Waals surface area contributed by atoms with E-state index in [1.165, 1.54) is 6.42 Å². The van der Waals surface area contributed by atoms with Crippen LogP contribution in [0.25, 0.3) is 0 Å². The number of amides is 2. The Labute approximate surface area is 121 Å². The van der Waals surface area contributed by atoms with E-state index in [-0.39, 0.29) is 17.9 Å². The molecule has 0 aromatic carbocycles. The maximum absolute atomic E-state index is 12.2. The second-order valence-corrected chi connectivity index (χ2v) is 6.22. The molecule has 6 heteroatoms. The fraction of sp³-hybridized carbons (Fsp3) is 0.857. The van der Waals surface area contributed by atoms with E-state index < -0.39 is 0 Å². The summed E-state index contributed by atoms with van der Waals surface area (Å²) in [6.07, 6.45) is 4.24. The Kier molecular flexibility index (Phi) is 5.23. The van der Waals surface area contributed by atoms with Crippen molar-refractivity contribution in [3.05, 3.63) is 0 Å². The molecule has 2 amide bonds. The molecule has 0 aliphatic carbocycles. The van der Waals surface area contributed by atoms with Crippen molar-refractivity contribution >= 4 is 11.9 Å². The van der Waals surface area contributed by atoms with Gasteiger partial charge in [-0.3, -0.25) is 10.3 Å². The molecule has 0 saturated carbocycles. The molecule has 0 aromatic rings. The number of rotatable bonds is 3. The summed E-state index contributed by atoms with van der Waals surface area (Å²) in [4.78, 5) is 16.3. The molecular weight excluding hydrogens is 254 g/mol. The highest BCUT2D eigenvalue weighted by Gasteiger charge is 2.25. The Morgan fingerprint density at radius 2 is 2.00 bits per heavy atom. The smallest absolute Gasteiger partial charge is 0.317 e. The van der Waals surface area contributed by atoms with Crippen LogP contribution in [0.4, 0.5) is 4.79 Å². The summed E-state index contributed by atoms with van der Waals surface area (Å²) in [7, 11) is 0. The van der Waals surface area contributed by atoms with Crippen molar-refractivity contribution in [3.8, 4) is 0 Å². The van der Waals surface area contributed by atoms with Crippen LogP contribution < -0.4 is 11.1 Å². The van der Waals surface area contributed by atoms with Gasteiger partial charge in [-0.2, -0.15) is 0 Å². The summed E-state index contributed by atoms with van der Waals surface area (Å²) in [6.45, 7) is 6.33. The van der Waals surface area contributed by atoms with E-state index in [0.29, 0.717) is 12.5 Å². The van der Waals surface area contributed by atoms with E-state index >= 15 is 0 Å². The largest absolute Gasteiger partial charge is 0.387 e. The maximum Gasteiger partial charge on any atom is 0.317 e. The third-order valence-electron chi connectivity index (χ3n) is 4.25. The first-order chi connectivity index (χ1) is 9.54. The highest BCUT2D eigenvalue weighted by Crippen LogP contribution is 2.16. The molecule has 0 radical (unpaired) electrons. The summed E-state index contributed by atoms with van der Waals surface area (Å²) < 4.78 is 0. The van der Waals surface area contributed by atoms with E-state index in [2.05, 4.69) is 17.1 Å². The van der Waals surface area contributed by atoms with Crippen molar-refractivity contribution in [3.63, 3.8) is 0 Å². The number of urea groups is 1. The van der Waals surface area contributed by atoms with Crippen LogP contribution in [0, 0.1) is 11.3 Å². The van der Waals surface area contributed by atoms with E-state index in [0.717, 1.165) is 45.4 Å². The van der Waals surface area contributed by atoms with Crippen molar-refractivity contribution in [2.24, 2.45) is 11.7 Å². The zero-order valence-electron chi connectivity index (χ0n) is 12.4. The van der Waals surface area contributed by atoms with Crippen LogP contribution >= 0.6 is 0 Å². The zero-order valence-corrected chi connectivity index (χ0v) is 12.4. The number of nitrogens with two attached hydrogens (primary N) is 1. The lowest BCUT2D eigenvalue weighted by Gasteiger charge is -2.35. The monoisotopic (exact) mass is 281 g/mol. The first kappa shape index (κ1) is 15.1. The van der Waals surface area contributed by atoms with Gasteiger partial charge < -0.3 is 16.0 Å². The number of amidine groups is 1. The van der Waals surface area contributed by atoms with Gasteiger partial charge in [0.1, 0.15) is 5.84 Å². The second kappa shape index (κ2) is 6.92. The number of hydrogen-bond acceptors (Lipinski definition) is 3. The van der Waals surface area contributed by atoms with Gasteiger partial charge in [-0.05, 0) is 31.6 Å². The molecule has 0 bridgehead atoms. The van der Waals surface area contributed by atoms with Crippen LogP contribution in [0.2, 0.25) is 0 Å². The van der Waals surface area contributed by atoms with Crippen molar-refractivity contribution in [1.29, 1.82) is 5.41 Å². The summed E-state index contributed by atoms with van der Waals surface area (Å²) >= 11 is 0. The van der Waals surface area contributed by atoms with E-state index in [9.17, 15) is 4.79 Å². The van der Waals surface area contributed by atoms with Crippen LogP contribution in [-0.4, -0.2) is 60.4 Å². The Morgan fingerprint density at radius 1 is 1.30 bits per heavy atom. The summed E-state index contributed by atoms with van der Waals surface area (Å²) in [5.74, 6) is 0.835. The molecule has 114 valence electrons. The first-order valence-electron chi connectivity index (χ1n) is 7.65. The minimum atomic E-state index is 0.0987. The molecule has 20 heavy (non-hydrogen) atoms. The van der Waals surface area contributed by atoms with Crippen molar-refractivity contribution < 1.29 is 4.79 Å². The van der Waals surface area contributed by atoms with E-state index in [1.807, 2.05) is 4.90 Å². The van der Waals surface area contributed by atoms with Gasteiger partial charge >= 0.3 is 6.03 Å². The van der Waals surface area contributed by atoms with Gasteiger partial charge in [-0.15, -0.1) is 0 Å². The van der Waals surface area contributed by atoms with Crippen LogP contribution in [0.5, 0.6) is 0 Å². The van der Waals surface area contributed by atoms with E-state index in [4.69, 9.17) is 11.1 Å². The van der Waals surface area contributed by atoms with Gasteiger partial charge in [-0.25, -0.2) is 4.79 Å². The Morgan fingerprint density at radius 3 is 2.60 bits per heavy atom. The molecule has 0 spiro atoms. The first-order valence-corrected chi connectivity index (χ1v) is 7.65. The lowest BCUT2D eigenvalue weighted by atomic mass is 10.0. The zero-order chi connectivity index (χ0) is 14.5. The molecule has 2 aliphatic heterocycles. The normalized spacial score (nSPS) is 25.4. The summed E-state index contributed by atoms with van der Waals surface area (Å²) in [6, 6.07) is 0.365. The number of nitrogens with one attached hydrogen (secondary N) is 2. The van der Waals surface area contributed by atoms with Gasteiger partial charge in [0.25, 0.3) is 0 Å². The van der Waals surface area contributed by atoms with Crippen molar-refractivity contribution in [2.45, 2.75) is 38.6 Å². The predicted octanol–water partition coefficient (Wildman–Crippen LogP) is 0.828. The number of nitrogens with zero attached hydrogens (tertiary/aromatic N) is 2. The molecular formula is C14H27N5O. The number of carbonyl (C=O) groups excluding carboxylic acids is 1. The molecule has 2 heterocycles. The van der Waals surface area contributed by atoms with Crippen molar-refractivity contribution in [2.75, 3.05) is 32.7 Å². The molecule has 2 rings (SSSR count). The Bertz CT molecular complexity index is 351. The molecule has 4 N–H and O–H groups in total. The molecule has 1 atom stereocenters. The Balaban J connectivity index is 1.72. The van der Waals surface area contributed by atoms with Gasteiger partial charge in [0.05, 0.1) is 6.54 Å². The Hall–Kier alpha value is -1.30. The standard InChI is InChI=1S/C14H27N5O/c1-11-3-2-6-19(9-11)14(20)17-12-4-7-18(8-5-12)10-13(15)16/h11-12H,2-10H2,1H3,(H3,15,16)(H,17,20). The molecule has 0 aromatic heterocycles. The molecule has 2 saturated heterocycles. The maximum atomic E-state index is 12.2. The van der Waals surface area contributed by atoms with Crippen LogP contribution in [0.3, 0.4) is 0 Å². The molecule has 6 nitrogen and oxygen atoms in total. The highest BCUT2D eigenvalue weighted by atomic mass is 16.2. The summed E-state index contributed by atoms with van der Waals surface area (Å²) in [5, 5.41) is 10.5. The average Bonchev–Trinajstić information content (AvgIpc) is 2.40. The van der Waals surface area contributed by atoms with Crippen molar-refractivity contribution in [1.82, 2.24) is 15.1 Å². The number of piperidine rings is 2. The quantitative estimate of drug-likeness (QED) is 0.529. The van der Waals surface area contributed by atoms with Gasteiger partial charge in [0, 0.05) is 32.2 Å². The lowest BCUT2D eigenvalue weighted by molar-refractivity contribution is 0.157. The van der Waals surface area contributed by atoms with Crippen LogP contribution in [-0.2, 0) is 0 Å².